The predicted molar refractivity (Wildman–Crippen MR) is 115 cm³/mol. The number of rotatable bonds is 4. The van der Waals surface area contributed by atoms with Crippen molar-refractivity contribution in [2.24, 2.45) is 10.1 Å². The predicted octanol–water partition coefficient (Wildman–Crippen LogP) is 2.70. The molecule has 0 unspecified atom stereocenters. The van der Waals surface area contributed by atoms with Crippen molar-refractivity contribution in [1.82, 2.24) is 10.3 Å². The number of fused-ring (bicyclic) bond motifs is 2. The van der Waals surface area contributed by atoms with Crippen molar-refractivity contribution >= 4 is 34.6 Å². The Labute approximate surface area is 168 Å². The van der Waals surface area contributed by atoms with E-state index in [1.807, 2.05) is 49.4 Å². The van der Waals surface area contributed by atoms with Crippen molar-refractivity contribution in [2.75, 3.05) is 5.75 Å². The summed E-state index contributed by atoms with van der Waals surface area (Å²) in [5.74, 6) is 0.771. The van der Waals surface area contributed by atoms with Crippen LogP contribution in [0.3, 0.4) is 0 Å². The summed E-state index contributed by atoms with van der Waals surface area (Å²) in [6, 6.07) is 17.9. The van der Waals surface area contributed by atoms with Crippen molar-refractivity contribution in [1.29, 1.82) is 0 Å². The Morgan fingerprint density at radius 2 is 1.93 bits per heavy atom. The Morgan fingerprint density at radius 1 is 1.18 bits per heavy atom. The lowest BCUT2D eigenvalue weighted by molar-refractivity contribution is -0.116. The highest BCUT2D eigenvalue weighted by molar-refractivity contribution is 8.13. The summed E-state index contributed by atoms with van der Waals surface area (Å²) in [6.07, 6.45) is 2.76. The number of para-hydroxylation sites is 1. The van der Waals surface area contributed by atoms with Gasteiger partial charge in [-0.2, -0.15) is 0 Å². The van der Waals surface area contributed by atoms with Crippen LogP contribution >= 0.6 is 11.8 Å². The Kier molecular flexibility index (Phi) is 5.30. The molecule has 0 aliphatic carbocycles. The molecule has 2 heterocycles. The van der Waals surface area contributed by atoms with Crippen molar-refractivity contribution in [3.8, 4) is 0 Å². The lowest BCUT2D eigenvalue weighted by Gasteiger charge is -2.34. The second-order valence-electron chi connectivity index (χ2n) is 6.72. The lowest BCUT2D eigenvalue weighted by Crippen LogP contribution is -2.52. The van der Waals surface area contributed by atoms with E-state index in [0.717, 1.165) is 33.9 Å². The number of amides is 1. The molecule has 142 valence electrons. The van der Waals surface area contributed by atoms with Crippen molar-refractivity contribution in [2.45, 2.75) is 26.4 Å². The van der Waals surface area contributed by atoms with Gasteiger partial charge in [0.15, 0.2) is 11.3 Å². The molecule has 1 atom stereocenters. The van der Waals surface area contributed by atoms with Crippen LogP contribution in [0.15, 0.2) is 70.3 Å². The molecule has 2 aliphatic heterocycles. The summed E-state index contributed by atoms with van der Waals surface area (Å²) < 4.78 is 0. The van der Waals surface area contributed by atoms with Gasteiger partial charge in [0.2, 0.25) is 0 Å². The van der Waals surface area contributed by atoms with Crippen LogP contribution in [0.1, 0.15) is 25.8 Å². The van der Waals surface area contributed by atoms with Crippen LogP contribution in [0, 0.1) is 0 Å². The quantitative estimate of drug-likeness (QED) is 0.873. The molecule has 0 fully saturated rings. The van der Waals surface area contributed by atoms with Crippen LogP contribution in [0.2, 0.25) is 0 Å². The zero-order valence-electron chi connectivity index (χ0n) is 15.9. The molecule has 6 heteroatoms. The average molecular weight is 391 g/mol. The molecule has 0 aromatic heterocycles. The fourth-order valence-corrected chi connectivity index (χ4v) is 3.98. The van der Waals surface area contributed by atoms with E-state index in [4.69, 9.17) is 10.1 Å². The zero-order chi connectivity index (χ0) is 19.5. The number of amidine groups is 1. The topological polar surface area (TPSA) is 57.1 Å². The van der Waals surface area contributed by atoms with E-state index in [9.17, 15) is 4.79 Å². The first-order chi connectivity index (χ1) is 13.7. The molecule has 0 saturated heterocycles. The first-order valence-electron chi connectivity index (χ1n) is 9.40. The summed E-state index contributed by atoms with van der Waals surface area (Å²) in [4.78, 5) is 17.9. The Bertz CT molecular complexity index is 1080. The van der Waals surface area contributed by atoms with Gasteiger partial charge in [-0.15, -0.1) is 5.10 Å². The molecule has 4 rings (SSSR count). The van der Waals surface area contributed by atoms with Crippen LogP contribution in [0.25, 0.3) is 11.8 Å². The summed E-state index contributed by atoms with van der Waals surface area (Å²) >= 11 is 1.56. The maximum atomic E-state index is 12.9. The van der Waals surface area contributed by atoms with Gasteiger partial charge in [0.1, 0.15) is 5.70 Å². The Morgan fingerprint density at radius 3 is 2.71 bits per heavy atom. The first kappa shape index (κ1) is 18.5. The number of thioether (sulfide) groups is 1. The Balaban J connectivity index is 1.84. The van der Waals surface area contributed by atoms with Gasteiger partial charge in [-0.05, 0) is 30.5 Å². The number of hydrogen-bond donors (Lipinski definition) is 1. The number of hydrogen-bond acceptors (Lipinski definition) is 5. The summed E-state index contributed by atoms with van der Waals surface area (Å²) in [7, 11) is 0. The fraction of sp³-hybridized carbons (Fsp3) is 0.227. The molecule has 1 N–H and O–H groups in total. The molecule has 2 aliphatic rings. The van der Waals surface area contributed by atoms with E-state index in [1.165, 1.54) is 0 Å². The molecular formula is C22H22N4OS. The molecule has 2 aromatic rings. The molecule has 28 heavy (non-hydrogen) atoms. The van der Waals surface area contributed by atoms with Crippen LogP contribution < -0.4 is 15.9 Å². The largest absolute Gasteiger partial charge is 0.298 e. The van der Waals surface area contributed by atoms with Crippen LogP contribution in [0.4, 0.5) is 0 Å². The monoisotopic (exact) mass is 390 g/mol. The normalized spacial score (nSPS) is 18.6. The molecule has 0 bridgehead atoms. The molecule has 0 radical (unpaired) electrons. The lowest BCUT2D eigenvalue weighted by atomic mass is 10.1. The summed E-state index contributed by atoms with van der Waals surface area (Å²) in [5, 5.41) is 11.7. The number of carbonyl (C=O) groups excluding carboxylic acids is 1. The van der Waals surface area contributed by atoms with Gasteiger partial charge in [-0.25, -0.2) is 5.01 Å². The summed E-state index contributed by atoms with van der Waals surface area (Å²) in [6.45, 7) is 4.14. The van der Waals surface area contributed by atoms with E-state index in [1.54, 1.807) is 16.8 Å². The number of hydrazone groups is 1. The summed E-state index contributed by atoms with van der Waals surface area (Å²) in [5.41, 5.74) is 2.68. The molecule has 0 spiro atoms. The SMILES string of the molecule is CCCSC1=NN2C(=c3ccccc3=N[C@@H]2/C(C)=C/c2ccccc2)C(=O)N1. The number of nitrogens with zero attached hydrogens (tertiary/aromatic N) is 3. The van der Waals surface area contributed by atoms with Crippen LogP contribution in [-0.4, -0.2) is 28.0 Å². The third-order valence-corrected chi connectivity index (χ3v) is 5.63. The molecule has 5 nitrogen and oxygen atoms in total. The van der Waals surface area contributed by atoms with Gasteiger partial charge < -0.3 is 0 Å². The van der Waals surface area contributed by atoms with Crippen molar-refractivity contribution in [3.63, 3.8) is 0 Å². The van der Waals surface area contributed by atoms with Gasteiger partial charge in [0.25, 0.3) is 5.91 Å². The van der Waals surface area contributed by atoms with Crippen LogP contribution in [-0.2, 0) is 4.79 Å². The van der Waals surface area contributed by atoms with E-state index in [0.29, 0.717) is 10.9 Å². The number of nitrogens with one attached hydrogen (secondary N) is 1. The average Bonchev–Trinajstić information content (AvgIpc) is 2.72. The highest BCUT2D eigenvalue weighted by Crippen LogP contribution is 2.25. The molecule has 1 amide bonds. The fourth-order valence-electron chi connectivity index (χ4n) is 3.27. The number of carbonyl (C=O) groups is 1. The standard InChI is InChI=1S/C22H22N4OS/c1-3-13-28-22-24-21(27)19-17-11-7-8-12-18(17)23-20(26(19)25-22)15(2)14-16-9-5-4-6-10-16/h4-12,14,20H,3,13H2,1-2H3,(H,24,25,27)/b15-14+/t20-/m0/s1. The number of benzene rings is 2. The second kappa shape index (κ2) is 8.02. The highest BCUT2D eigenvalue weighted by Gasteiger charge is 2.34. The van der Waals surface area contributed by atoms with Crippen molar-refractivity contribution < 1.29 is 4.79 Å². The van der Waals surface area contributed by atoms with Crippen molar-refractivity contribution in [3.05, 3.63) is 76.3 Å². The Hall–Kier alpha value is -2.86. The van der Waals surface area contributed by atoms with Gasteiger partial charge in [-0.3, -0.25) is 15.1 Å². The van der Waals surface area contributed by atoms with E-state index >= 15 is 0 Å². The first-order valence-corrected chi connectivity index (χ1v) is 10.4. The minimum Gasteiger partial charge on any atom is -0.298 e. The maximum Gasteiger partial charge on any atom is 0.276 e. The zero-order valence-corrected chi connectivity index (χ0v) is 16.7. The van der Waals surface area contributed by atoms with Gasteiger partial charge in [0.05, 0.1) is 5.36 Å². The van der Waals surface area contributed by atoms with Gasteiger partial charge in [-0.1, -0.05) is 73.3 Å². The smallest absolute Gasteiger partial charge is 0.276 e. The van der Waals surface area contributed by atoms with E-state index in [2.05, 4.69) is 30.4 Å². The third-order valence-electron chi connectivity index (χ3n) is 4.56. The highest BCUT2D eigenvalue weighted by atomic mass is 32.2. The minimum absolute atomic E-state index is 0.131. The minimum atomic E-state index is -0.353. The second-order valence-corrected chi connectivity index (χ2v) is 7.80. The van der Waals surface area contributed by atoms with Crippen LogP contribution in [0.5, 0.6) is 0 Å². The molecular weight excluding hydrogens is 368 g/mol. The third kappa shape index (κ3) is 3.60. The van der Waals surface area contributed by atoms with Gasteiger partial charge >= 0.3 is 0 Å². The molecule has 2 aromatic carbocycles. The van der Waals surface area contributed by atoms with Gasteiger partial charge in [0, 0.05) is 11.0 Å². The van der Waals surface area contributed by atoms with E-state index in [-0.39, 0.29) is 12.1 Å². The maximum absolute atomic E-state index is 12.9. The van der Waals surface area contributed by atoms with E-state index < -0.39 is 0 Å². The molecule has 0 saturated carbocycles.